The lowest BCUT2D eigenvalue weighted by atomic mass is 10.1. The molecular formula is C12H16N4O3. The van der Waals surface area contributed by atoms with Crippen LogP contribution in [0.15, 0.2) is 18.6 Å². The summed E-state index contributed by atoms with van der Waals surface area (Å²) in [6.45, 7) is -0.148. The molecule has 102 valence electrons. The Balaban J connectivity index is 2.04. The molecule has 0 saturated heterocycles. The summed E-state index contributed by atoms with van der Waals surface area (Å²) in [6, 6.07) is 1.45. The fourth-order valence-corrected chi connectivity index (χ4v) is 2.80. The highest BCUT2D eigenvalue weighted by Crippen LogP contribution is 2.37. The SMILES string of the molecule is Nc1nccc2c1ncn2[C@H]1C[C@@H](CO)[C@H](O)[C@@H]1O. The summed E-state index contributed by atoms with van der Waals surface area (Å²) in [4.78, 5) is 8.16. The summed E-state index contributed by atoms with van der Waals surface area (Å²) in [5.74, 6) is 0.0135. The second-order valence-electron chi connectivity index (χ2n) is 4.94. The first-order valence-electron chi connectivity index (χ1n) is 6.17. The van der Waals surface area contributed by atoms with Crippen molar-refractivity contribution >= 4 is 16.9 Å². The number of nitrogens with zero attached hydrogens (tertiary/aromatic N) is 3. The summed E-state index contributed by atoms with van der Waals surface area (Å²) in [6.07, 6.45) is 1.81. The van der Waals surface area contributed by atoms with Crippen molar-refractivity contribution in [1.29, 1.82) is 0 Å². The highest BCUT2D eigenvalue weighted by Gasteiger charge is 2.42. The van der Waals surface area contributed by atoms with E-state index in [0.29, 0.717) is 17.8 Å². The lowest BCUT2D eigenvalue weighted by Crippen LogP contribution is -2.30. The van der Waals surface area contributed by atoms with Gasteiger partial charge in [0.1, 0.15) is 11.6 Å². The third kappa shape index (κ3) is 1.78. The molecule has 0 aromatic carbocycles. The van der Waals surface area contributed by atoms with Gasteiger partial charge in [-0.1, -0.05) is 0 Å². The number of rotatable bonds is 2. The quantitative estimate of drug-likeness (QED) is 0.569. The first-order valence-corrected chi connectivity index (χ1v) is 6.17. The van der Waals surface area contributed by atoms with E-state index in [1.165, 1.54) is 0 Å². The largest absolute Gasteiger partial charge is 0.396 e. The summed E-state index contributed by atoms with van der Waals surface area (Å²) in [7, 11) is 0. The second kappa shape index (κ2) is 4.44. The van der Waals surface area contributed by atoms with Crippen molar-refractivity contribution in [2.75, 3.05) is 12.3 Å². The van der Waals surface area contributed by atoms with Crippen LogP contribution in [-0.4, -0.2) is 48.7 Å². The van der Waals surface area contributed by atoms with Gasteiger partial charge in [0.15, 0.2) is 5.82 Å². The number of pyridine rings is 1. The van der Waals surface area contributed by atoms with Crippen LogP contribution in [0.1, 0.15) is 12.5 Å². The average Bonchev–Trinajstić information content (AvgIpc) is 2.94. The van der Waals surface area contributed by atoms with E-state index >= 15 is 0 Å². The number of hydrogen-bond donors (Lipinski definition) is 4. The van der Waals surface area contributed by atoms with Crippen LogP contribution in [-0.2, 0) is 0 Å². The van der Waals surface area contributed by atoms with Gasteiger partial charge < -0.3 is 25.6 Å². The predicted molar refractivity (Wildman–Crippen MR) is 68.2 cm³/mol. The smallest absolute Gasteiger partial charge is 0.151 e. The van der Waals surface area contributed by atoms with Gasteiger partial charge in [0.05, 0.1) is 24.0 Å². The number of hydrogen-bond acceptors (Lipinski definition) is 6. The number of anilines is 1. The van der Waals surface area contributed by atoms with Crippen molar-refractivity contribution in [1.82, 2.24) is 14.5 Å². The van der Waals surface area contributed by atoms with E-state index < -0.39 is 12.2 Å². The van der Waals surface area contributed by atoms with Crippen LogP contribution in [0.4, 0.5) is 5.82 Å². The lowest BCUT2D eigenvalue weighted by Gasteiger charge is -2.18. The summed E-state index contributed by atoms with van der Waals surface area (Å²) in [5, 5.41) is 29.2. The maximum absolute atomic E-state index is 10.1. The number of aromatic nitrogens is 3. The van der Waals surface area contributed by atoms with Crippen molar-refractivity contribution in [3.8, 4) is 0 Å². The zero-order valence-electron chi connectivity index (χ0n) is 10.2. The van der Waals surface area contributed by atoms with E-state index in [-0.39, 0.29) is 18.6 Å². The van der Waals surface area contributed by atoms with Gasteiger partial charge >= 0.3 is 0 Å². The van der Waals surface area contributed by atoms with E-state index in [0.717, 1.165) is 5.52 Å². The molecule has 0 unspecified atom stereocenters. The number of nitrogens with two attached hydrogens (primary N) is 1. The predicted octanol–water partition coefficient (Wildman–Crippen LogP) is -0.711. The summed E-state index contributed by atoms with van der Waals surface area (Å²) >= 11 is 0. The first kappa shape index (κ1) is 12.3. The number of nitrogen functional groups attached to an aromatic ring is 1. The minimum absolute atomic E-state index is 0.148. The molecule has 5 N–H and O–H groups in total. The van der Waals surface area contributed by atoms with Gasteiger partial charge in [-0.25, -0.2) is 9.97 Å². The highest BCUT2D eigenvalue weighted by molar-refractivity contribution is 5.84. The Hall–Kier alpha value is -1.70. The number of aliphatic hydroxyl groups is 3. The van der Waals surface area contributed by atoms with Crippen molar-refractivity contribution in [3.05, 3.63) is 18.6 Å². The molecule has 1 aliphatic carbocycles. The van der Waals surface area contributed by atoms with Crippen molar-refractivity contribution < 1.29 is 15.3 Å². The molecule has 0 radical (unpaired) electrons. The van der Waals surface area contributed by atoms with E-state index in [1.54, 1.807) is 23.2 Å². The molecule has 1 aliphatic rings. The average molecular weight is 264 g/mol. The Morgan fingerprint density at radius 2 is 2.11 bits per heavy atom. The van der Waals surface area contributed by atoms with Gasteiger partial charge in [-0.3, -0.25) is 0 Å². The van der Waals surface area contributed by atoms with Crippen LogP contribution in [0.3, 0.4) is 0 Å². The first-order chi connectivity index (χ1) is 9.13. The number of fused-ring (bicyclic) bond motifs is 1. The van der Waals surface area contributed by atoms with E-state index in [2.05, 4.69) is 9.97 Å². The van der Waals surface area contributed by atoms with E-state index in [9.17, 15) is 15.3 Å². The summed E-state index contributed by atoms with van der Waals surface area (Å²) < 4.78 is 1.79. The third-order valence-corrected chi connectivity index (χ3v) is 3.88. The Labute approximate surface area is 109 Å². The van der Waals surface area contributed by atoms with E-state index in [1.807, 2.05) is 0 Å². The molecule has 0 bridgehead atoms. The Bertz CT molecular complexity index is 600. The van der Waals surface area contributed by atoms with Gasteiger partial charge in [-0.2, -0.15) is 0 Å². The van der Waals surface area contributed by atoms with E-state index in [4.69, 9.17) is 5.73 Å². The van der Waals surface area contributed by atoms with Gasteiger partial charge in [-0.15, -0.1) is 0 Å². The normalized spacial score (nSPS) is 31.1. The van der Waals surface area contributed by atoms with Crippen molar-refractivity contribution in [2.45, 2.75) is 24.7 Å². The summed E-state index contributed by atoms with van der Waals surface area (Å²) in [5.41, 5.74) is 7.09. The third-order valence-electron chi connectivity index (χ3n) is 3.88. The molecule has 0 spiro atoms. The molecule has 0 amide bonds. The van der Waals surface area contributed by atoms with Gasteiger partial charge in [0, 0.05) is 18.7 Å². The molecule has 1 saturated carbocycles. The molecule has 7 heteroatoms. The molecule has 4 atom stereocenters. The maximum atomic E-state index is 10.1. The molecule has 19 heavy (non-hydrogen) atoms. The molecule has 2 heterocycles. The number of imidazole rings is 1. The molecule has 1 fully saturated rings. The monoisotopic (exact) mass is 264 g/mol. The fraction of sp³-hybridized carbons (Fsp3) is 0.500. The van der Waals surface area contributed by atoms with Gasteiger partial charge in [0.2, 0.25) is 0 Å². The minimum Gasteiger partial charge on any atom is -0.396 e. The van der Waals surface area contributed by atoms with Crippen LogP contribution >= 0.6 is 0 Å². The highest BCUT2D eigenvalue weighted by atomic mass is 16.3. The maximum Gasteiger partial charge on any atom is 0.151 e. The van der Waals surface area contributed by atoms with Crippen LogP contribution < -0.4 is 5.73 Å². The zero-order chi connectivity index (χ0) is 13.6. The van der Waals surface area contributed by atoms with Crippen LogP contribution in [0.5, 0.6) is 0 Å². The molecular weight excluding hydrogens is 248 g/mol. The van der Waals surface area contributed by atoms with Gasteiger partial charge in [0.25, 0.3) is 0 Å². The Kier molecular flexibility index (Phi) is 2.89. The number of aliphatic hydroxyl groups excluding tert-OH is 3. The molecule has 2 aromatic rings. The van der Waals surface area contributed by atoms with Gasteiger partial charge in [-0.05, 0) is 12.5 Å². The molecule has 2 aromatic heterocycles. The molecule has 7 nitrogen and oxygen atoms in total. The van der Waals surface area contributed by atoms with Crippen LogP contribution in [0, 0.1) is 5.92 Å². The Morgan fingerprint density at radius 1 is 1.32 bits per heavy atom. The minimum atomic E-state index is -0.927. The van der Waals surface area contributed by atoms with Crippen molar-refractivity contribution in [2.24, 2.45) is 5.92 Å². The lowest BCUT2D eigenvalue weighted by molar-refractivity contribution is -0.00365. The van der Waals surface area contributed by atoms with Crippen LogP contribution in [0.25, 0.3) is 11.0 Å². The van der Waals surface area contributed by atoms with Crippen LogP contribution in [0.2, 0.25) is 0 Å². The standard InChI is InChI=1S/C12H16N4O3/c13-12-9-7(1-2-14-12)16(5-15-9)8-3-6(4-17)10(18)11(8)19/h1-2,5-6,8,10-11,17-19H,3-4H2,(H2,13,14)/t6-,8-,10-,11+/m0/s1. The zero-order valence-corrected chi connectivity index (χ0v) is 10.2. The molecule has 3 rings (SSSR count). The Morgan fingerprint density at radius 3 is 2.79 bits per heavy atom. The second-order valence-corrected chi connectivity index (χ2v) is 4.94. The van der Waals surface area contributed by atoms with Crippen molar-refractivity contribution in [3.63, 3.8) is 0 Å². The topological polar surface area (TPSA) is 117 Å². The molecule has 0 aliphatic heterocycles. The fourth-order valence-electron chi connectivity index (χ4n) is 2.80.